The molecule has 0 N–H and O–H groups in total. The van der Waals surface area contributed by atoms with Gasteiger partial charge in [-0.2, -0.15) is 0 Å². The molecule has 0 spiro atoms. The second kappa shape index (κ2) is 7.81. The molecule has 28 heavy (non-hydrogen) atoms. The van der Waals surface area contributed by atoms with Crippen LogP contribution in [0.1, 0.15) is 24.6 Å². The summed E-state index contributed by atoms with van der Waals surface area (Å²) >= 11 is 0. The van der Waals surface area contributed by atoms with Gasteiger partial charge in [0.1, 0.15) is 7.85 Å². The molecule has 0 aliphatic rings. The quantitative estimate of drug-likeness (QED) is 0.450. The molecule has 0 fully saturated rings. The first-order chi connectivity index (χ1) is 13.7. The summed E-state index contributed by atoms with van der Waals surface area (Å²) in [5.74, 6) is 0.717. The highest BCUT2D eigenvalue weighted by Gasteiger charge is 2.15. The van der Waals surface area contributed by atoms with Crippen molar-refractivity contribution in [3.05, 3.63) is 84.1 Å². The molecule has 3 heteroatoms. The van der Waals surface area contributed by atoms with Crippen molar-refractivity contribution in [3.63, 3.8) is 0 Å². The van der Waals surface area contributed by atoms with Gasteiger partial charge in [-0.25, -0.2) is 9.97 Å². The predicted octanol–water partition coefficient (Wildman–Crippen LogP) is 5.49. The van der Waals surface area contributed by atoms with E-state index in [0.29, 0.717) is 5.82 Å². The van der Waals surface area contributed by atoms with Crippen molar-refractivity contribution in [2.75, 3.05) is 0 Å². The van der Waals surface area contributed by atoms with Crippen molar-refractivity contribution in [2.24, 2.45) is 0 Å². The second-order valence-electron chi connectivity index (χ2n) is 6.85. The zero-order valence-electron chi connectivity index (χ0n) is 16.2. The third-order valence-electron chi connectivity index (χ3n) is 4.87. The van der Waals surface area contributed by atoms with Gasteiger partial charge >= 0.3 is 0 Å². The van der Waals surface area contributed by atoms with Crippen molar-refractivity contribution >= 4 is 30.2 Å². The molecule has 0 saturated heterocycles. The largest absolute Gasteiger partial charge is 0.233 e. The summed E-state index contributed by atoms with van der Waals surface area (Å²) in [6.45, 7) is 4.18. The first kappa shape index (κ1) is 18.2. The van der Waals surface area contributed by atoms with E-state index in [-0.39, 0.29) is 0 Å². The van der Waals surface area contributed by atoms with Gasteiger partial charge in [0.15, 0.2) is 5.82 Å². The smallest absolute Gasteiger partial charge is 0.160 e. The third-order valence-corrected chi connectivity index (χ3v) is 4.87. The maximum absolute atomic E-state index is 5.85. The van der Waals surface area contributed by atoms with Crippen LogP contribution < -0.4 is 5.46 Å². The first-order valence-corrected chi connectivity index (χ1v) is 9.56. The van der Waals surface area contributed by atoms with Gasteiger partial charge in [-0.15, -0.1) is 0 Å². The molecule has 134 valence electrons. The van der Waals surface area contributed by atoms with E-state index < -0.39 is 0 Å². The lowest BCUT2D eigenvalue weighted by molar-refractivity contribution is 1.10. The SMILES string of the molecule is [B]c1ccc(-c2nc(C)c(/C=C\CC)c(-c3cccc4ccccc34)n2)cc1. The van der Waals surface area contributed by atoms with Crippen molar-refractivity contribution < 1.29 is 0 Å². The molecule has 0 aliphatic carbocycles. The topological polar surface area (TPSA) is 25.8 Å². The van der Waals surface area contributed by atoms with E-state index in [1.165, 1.54) is 10.8 Å². The number of aromatic nitrogens is 2. The molecule has 0 bridgehead atoms. The molecule has 3 aromatic carbocycles. The van der Waals surface area contributed by atoms with Crippen LogP contribution in [-0.2, 0) is 0 Å². The molecule has 0 saturated carbocycles. The van der Waals surface area contributed by atoms with Crippen molar-refractivity contribution in [1.82, 2.24) is 9.97 Å². The highest BCUT2D eigenvalue weighted by atomic mass is 14.9. The number of benzene rings is 3. The lowest BCUT2D eigenvalue weighted by atomic mass is 9.95. The van der Waals surface area contributed by atoms with Crippen molar-refractivity contribution in [3.8, 4) is 22.6 Å². The van der Waals surface area contributed by atoms with Crippen LogP contribution in [-0.4, -0.2) is 17.8 Å². The van der Waals surface area contributed by atoms with Gasteiger partial charge < -0.3 is 0 Å². The average molecular weight is 360 g/mol. The van der Waals surface area contributed by atoms with Crippen LogP contribution in [0, 0.1) is 6.92 Å². The van der Waals surface area contributed by atoms with Gasteiger partial charge in [-0.1, -0.05) is 91.3 Å². The Kier molecular flexibility index (Phi) is 5.07. The molecular formula is C25H21BN2. The number of hydrogen-bond acceptors (Lipinski definition) is 2. The zero-order chi connectivity index (χ0) is 19.5. The molecule has 2 radical (unpaired) electrons. The Morgan fingerprint density at radius 3 is 2.43 bits per heavy atom. The van der Waals surface area contributed by atoms with Gasteiger partial charge in [-0.05, 0) is 24.1 Å². The molecule has 1 heterocycles. The molecule has 2 nitrogen and oxygen atoms in total. The Morgan fingerprint density at radius 1 is 0.893 bits per heavy atom. The third kappa shape index (κ3) is 3.48. The lowest BCUT2D eigenvalue weighted by Gasteiger charge is -2.13. The van der Waals surface area contributed by atoms with E-state index in [9.17, 15) is 0 Å². The maximum Gasteiger partial charge on any atom is 0.160 e. The van der Waals surface area contributed by atoms with Crippen LogP contribution in [0.4, 0.5) is 0 Å². The van der Waals surface area contributed by atoms with Gasteiger partial charge in [0.25, 0.3) is 0 Å². The van der Waals surface area contributed by atoms with Gasteiger partial charge in [0.05, 0.1) is 5.69 Å². The summed E-state index contributed by atoms with van der Waals surface area (Å²) in [6.07, 6.45) is 5.26. The van der Waals surface area contributed by atoms with E-state index in [1.807, 2.05) is 31.2 Å². The molecular weight excluding hydrogens is 339 g/mol. The highest BCUT2D eigenvalue weighted by molar-refractivity contribution is 6.32. The highest BCUT2D eigenvalue weighted by Crippen LogP contribution is 2.33. The molecule has 1 aromatic heterocycles. The Bertz CT molecular complexity index is 1160. The van der Waals surface area contributed by atoms with Gasteiger partial charge in [0, 0.05) is 22.4 Å². The molecule has 0 unspecified atom stereocenters. The summed E-state index contributed by atoms with van der Waals surface area (Å²) in [5.41, 5.74) is 5.81. The lowest BCUT2D eigenvalue weighted by Crippen LogP contribution is -2.03. The van der Waals surface area contributed by atoms with Crippen LogP contribution in [0.15, 0.2) is 72.8 Å². The summed E-state index contributed by atoms with van der Waals surface area (Å²) in [4.78, 5) is 9.79. The van der Waals surface area contributed by atoms with E-state index in [1.54, 1.807) is 0 Å². The van der Waals surface area contributed by atoms with Crippen molar-refractivity contribution in [1.29, 1.82) is 0 Å². The molecule has 0 aliphatic heterocycles. The number of nitrogens with zero attached hydrogens (tertiary/aromatic N) is 2. The minimum atomic E-state index is 0.717. The first-order valence-electron chi connectivity index (χ1n) is 9.56. The van der Waals surface area contributed by atoms with E-state index in [0.717, 1.165) is 40.0 Å². The van der Waals surface area contributed by atoms with Crippen LogP contribution >= 0.6 is 0 Å². The molecule has 0 amide bonds. The Balaban J connectivity index is 2.00. The average Bonchev–Trinajstić information content (AvgIpc) is 2.72. The fourth-order valence-corrected chi connectivity index (χ4v) is 3.42. The molecule has 4 aromatic rings. The van der Waals surface area contributed by atoms with Crippen LogP contribution in [0.3, 0.4) is 0 Å². The standard InChI is InChI=1S/C25H21BN2/c1-3-4-10-21-17(2)27-25(19-13-15-20(26)16-14-19)28-24(21)23-12-7-9-18-8-5-6-11-22(18)23/h4-16H,3H2,1-2H3/b10-4-. The minimum absolute atomic E-state index is 0.717. The summed E-state index contributed by atoms with van der Waals surface area (Å²) in [5, 5.41) is 2.40. The number of allylic oxidation sites excluding steroid dienone is 1. The fourth-order valence-electron chi connectivity index (χ4n) is 3.42. The monoisotopic (exact) mass is 360 g/mol. The van der Waals surface area contributed by atoms with Crippen LogP contribution in [0.25, 0.3) is 39.5 Å². The van der Waals surface area contributed by atoms with E-state index >= 15 is 0 Å². The minimum Gasteiger partial charge on any atom is -0.233 e. The fraction of sp³-hybridized carbons (Fsp3) is 0.120. The van der Waals surface area contributed by atoms with E-state index in [2.05, 4.69) is 61.5 Å². The summed E-state index contributed by atoms with van der Waals surface area (Å²) in [6, 6.07) is 22.5. The normalized spacial score (nSPS) is 11.4. The Labute approximate surface area is 167 Å². The number of aryl methyl sites for hydroxylation is 1. The van der Waals surface area contributed by atoms with Gasteiger partial charge in [-0.3, -0.25) is 0 Å². The number of fused-ring (bicyclic) bond motifs is 1. The Hall–Kier alpha value is -3.20. The molecule has 4 rings (SSSR count). The van der Waals surface area contributed by atoms with Crippen LogP contribution in [0.2, 0.25) is 0 Å². The van der Waals surface area contributed by atoms with Crippen LogP contribution in [0.5, 0.6) is 0 Å². The summed E-state index contributed by atoms with van der Waals surface area (Å²) < 4.78 is 0. The maximum atomic E-state index is 5.85. The second-order valence-corrected chi connectivity index (χ2v) is 6.85. The molecule has 0 atom stereocenters. The van der Waals surface area contributed by atoms with Crippen molar-refractivity contribution in [2.45, 2.75) is 20.3 Å². The predicted molar refractivity (Wildman–Crippen MR) is 120 cm³/mol. The summed E-state index contributed by atoms with van der Waals surface area (Å²) in [7, 11) is 5.85. The zero-order valence-corrected chi connectivity index (χ0v) is 16.2. The number of rotatable bonds is 4. The van der Waals surface area contributed by atoms with Gasteiger partial charge in [0.2, 0.25) is 0 Å². The van der Waals surface area contributed by atoms with E-state index in [4.69, 9.17) is 17.8 Å². The number of hydrogen-bond donors (Lipinski definition) is 0. The Morgan fingerprint density at radius 2 is 1.64 bits per heavy atom.